The maximum absolute atomic E-state index is 14.0. The molecule has 0 unspecified atom stereocenters. The topological polar surface area (TPSA) is 130 Å². The summed E-state index contributed by atoms with van der Waals surface area (Å²) in [5, 5.41) is 15.2. The second-order valence-corrected chi connectivity index (χ2v) is 10.1. The number of nitrogens with one attached hydrogen (secondary N) is 2. The molecule has 0 radical (unpaired) electrons. The fraction of sp³-hybridized carbons (Fsp3) is 0.192. The number of carbonyl (C=O) groups is 1. The Bertz CT molecular complexity index is 1570. The number of rotatable bonds is 9. The number of anilines is 3. The van der Waals surface area contributed by atoms with Gasteiger partial charge in [0, 0.05) is 24.4 Å². The van der Waals surface area contributed by atoms with E-state index in [1.165, 1.54) is 32.4 Å². The number of ether oxygens (including phenoxy) is 2. The number of hydrogen-bond acceptors (Lipinski definition) is 8. The molecule has 0 aliphatic carbocycles. The van der Waals surface area contributed by atoms with Crippen LogP contribution in [0.15, 0.2) is 65.1 Å². The van der Waals surface area contributed by atoms with Crippen molar-refractivity contribution in [2.75, 3.05) is 43.2 Å². The Labute approximate surface area is 218 Å². The number of sulfonamides is 1. The second-order valence-electron chi connectivity index (χ2n) is 8.16. The Morgan fingerprint density at radius 2 is 1.84 bits per heavy atom. The summed E-state index contributed by atoms with van der Waals surface area (Å²) in [5.74, 6) is 0.0551. The van der Waals surface area contributed by atoms with Gasteiger partial charge in [-0.05, 0) is 42.5 Å². The van der Waals surface area contributed by atoms with E-state index in [1.54, 1.807) is 42.5 Å². The van der Waals surface area contributed by atoms with Crippen LogP contribution in [0.25, 0.3) is 22.3 Å². The van der Waals surface area contributed by atoms with E-state index in [0.29, 0.717) is 22.3 Å². The number of amides is 1. The fourth-order valence-electron chi connectivity index (χ4n) is 3.86. The number of fused-ring (bicyclic) bond motifs is 1. The first-order chi connectivity index (χ1) is 18.2. The summed E-state index contributed by atoms with van der Waals surface area (Å²) < 4.78 is 56.9. The van der Waals surface area contributed by atoms with E-state index in [4.69, 9.17) is 13.9 Å². The zero-order chi connectivity index (χ0) is 27.4. The van der Waals surface area contributed by atoms with Crippen LogP contribution in [-0.4, -0.2) is 53.2 Å². The van der Waals surface area contributed by atoms with Crippen molar-refractivity contribution in [1.29, 1.82) is 0 Å². The van der Waals surface area contributed by atoms with Gasteiger partial charge in [-0.25, -0.2) is 17.6 Å². The number of para-hydroxylation sites is 1. The molecule has 0 saturated heterocycles. The van der Waals surface area contributed by atoms with Gasteiger partial charge < -0.3 is 29.6 Å². The van der Waals surface area contributed by atoms with Crippen molar-refractivity contribution in [3.05, 3.63) is 66.5 Å². The van der Waals surface area contributed by atoms with Crippen LogP contribution in [0.4, 0.5) is 26.2 Å². The number of benzene rings is 3. The Morgan fingerprint density at radius 3 is 2.45 bits per heavy atom. The molecule has 1 amide bonds. The van der Waals surface area contributed by atoms with Crippen molar-refractivity contribution in [1.82, 2.24) is 5.32 Å². The van der Waals surface area contributed by atoms with Crippen LogP contribution in [0, 0.1) is 5.82 Å². The van der Waals surface area contributed by atoms with Crippen molar-refractivity contribution >= 4 is 44.1 Å². The highest BCUT2D eigenvalue weighted by Gasteiger charge is 2.26. The lowest BCUT2D eigenvalue weighted by Crippen LogP contribution is -2.32. The highest BCUT2D eigenvalue weighted by molar-refractivity contribution is 7.92. The SMILES string of the molecule is CNC(=O)Oc1c(-c2ccc(Nc3ccccc3F)cc2)oc2cc(N(CCO)S(C)(=O)=O)c(OC)cc12. The average molecular weight is 544 g/mol. The van der Waals surface area contributed by atoms with Crippen LogP contribution in [0.5, 0.6) is 11.5 Å². The van der Waals surface area contributed by atoms with E-state index in [1.807, 2.05) is 0 Å². The van der Waals surface area contributed by atoms with Crippen LogP contribution in [0.2, 0.25) is 0 Å². The maximum atomic E-state index is 14.0. The molecule has 38 heavy (non-hydrogen) atoms. The summed E-state index contributed by atoms with van der Waals surface area (Å²) in [4.78, 5) is 12.2. The molecule has 0 spiro atoms. The van der Waals surface area contributed by atoms with Gasteiger partial charge in [0.2, 0.25) is 10.0 Å². The van der Waals surface area contributed by atoms with Gasteiger partial charge in [-0.2, -0.15) is 0 Å². The lowest BCUT2D eigenvalue weighted by atomic mass is 10.1. The molecule has 0 fully saturated rings. The molecule has 1 heterocycles. The number of hydrogen-bond donors (Lipinski definition) is 3. The van der Waals surface area contributed by atoms with Crippen LogP contribution < -0.4 is 24.4 Å². The molecule has 3 N–H and O–H groups in total. The quantitative estimate of drug-likeness (QED) is 0.282. The molecule has 10 nitrogen and oxygen atoms in total. The third-order valence-electron chi connectivity index (χ3n) is 5.61. The van der Waals surface area contributed by atoms with E-state index in [-0.39, 0.29) is 35.1 Å². The van der Waals surface area contributed by atoms with Crippen LogP contribution >= 0.6 is 0 Å². The highest BCUT2D eigenvalue weighted by Crippen LogP contribution is 2.45. The minimum absolute atomic E-state index is 0.0899. The van der Waals surface area contributed by atoms with E-state index in [2.05, 4.69) is 10.6 Å². The molecule has 0 aliphatic rings. The zero-order valence-corrected chi connectivity index (χ0v) is 21.6. The second kappa shape index (κ2) is 11.0. The number of methoxy groups -OCH3 is 1. The summed E-state index contributed by atoms with van der Waals surface area (Å²) in [5.41, 5.74) is 1.82. The third-order valence-corrected chi connectivity index (χ3v) is 6.79. The molecule has 3 aromatic carbocycles. The first kappa shape index (κ1) is 26.8. The van der Waals surface area contributed by atoms with Crippen molar-refractivity contribution in [3.63, 3.8) is 0 Å². The molecular formula is C26H26FN3O7S. The molecule has 0 bridgehead atoms. The Kier molecular flexibility index (Phi) is 7.74. The minimum atomic E-state index is -3.77. The smallest absolute Gasteiger partial charge is 0.412 e. The van der Waals surface area contributed by atoms with E-state index in [9.17, 15) is 22.7 Å². The zero-order valence-electron chi connectivity index (χ0n) is 20.8. The van der Waals surface area contributed by atoms with Gasteiger partial charge in [0.1, 0.15) is 17.1 Å². The third kappa shape index (κ3) is 5.50. The van der Waals surface area contributed by atoms with Crippen LogP contribution in [-0.2, 0) is 10.0 Å². The number of aliphatic hydroxyl groups is 1. The summed E-state index contributed by atoms with van der Waals surface area (Å²) in [6.07, 6.45) is 0.268. The highest BCUT2D eigenvalue weighted by atomic mass is 32.2. The van der Waals surface area contributed by atoms with Gasteiger partial charge in [-0.1, -0.05) is 12.1 Å². The molecule has 0 saturated carbocycles. The monoisotopic (exact) mass is 543 g/mol. The van der Waals surface area contributed by atoms with Gasteiger partial charge in [-0.15, -0.1) is 0 Å². The van der Waals surface area contributed by atoms with Crippen molar-refractivity contribution in [2.24, 2.45) is 0 Å². The van der Waals surface area contributed by atoms with Crippen molar-refractivity contribution in [3.8, 4) is 22.8 Å². The number of carbonyl (C=O) groups excluding carboxylic acids is 1. The van der Waals surface area contributed by atoms with Crippen molar-refractivity contribution < 1.29 is 36.6 Å². The fourth-order valence-corrected chi connectivity index (χ4v) is 4.78. The predicted molar refractivity (Wildman–Crippen MR) is 142 cm³/mol. The summed E-state index contributed by atoms with van der Waals surface area (Å²) >= 11 is 0. The number of aliphatic hydroxyl groups excluding tert-OH is 1. The number of furan rings is 1. The Hall–Kier alpha value is -4.29. The molecule has 1 aromatic heterocycles. The van der Waals surface area contributed by atoms with E-state index in [0.717, 1.165) is 10.6 Å². The molecule has 4 aromatic rings. The summed E-state index contributed by atoms with van der Waals surface area (Å²) in [7, 11) is -0.996. The molecule has 0 atom stereocenters. The first-order valence-electron chi connectivity index (χ1n) is 11.4. The standard InChI is InChI=1S/C26H26FN3O7S/c1-28-26(32)37-25-18-14-23(35-2)21(30(12-13-31)38(3,33)34)15-22(18)36-24(25)16-8-10-17(11-9-16)29-20-7-5-4-6-19(20)27/h4-11,14-15,29,31H,12-13H2,1-3H3,(H,28,32). The Balaban J connectivity index is 1.82. The van der Waals surface area contributed by atoms with Gasteiger partial charge in [0.15, 0.2) is 11.5 Å². The Morgan fingerprint density at radius 1 is 1.13 bits per heavy atom. The molecular weight excluding hydrogens is 517 g/mol. The van der Waals surface area contributed by atoms with Gasteiger partial charge in [0.05, 0.1) is 43.3 Å². The van der Waals surface area contributed by atoms with Gasteiger partial charge in [-0.3, -0.25) is 4.31 Å². The molecule has 0 aliphatic heterocycles. The van der Waals surface area contributed by atoms with Crippen LogP contribution in [0.3, 0.4) is 0 Å². The lowest BCUT2D eigenvalue weighted by molar-refractivity contribution is 0.203. The van der Waals surface area contributed by atoms with Gasteiger partial charge in [0.25, 0.3) is 0 Å². The lowest BCUT2D eigenvalue weighted by Gasteiger charge is -2.23. The number of halogens is 1. The van der Waals surface area contributed by atoms with Crippen molar-refractivity contribution in [2.45, 2.75) is 0 Å². The molecule has 12 heteroatoms. The summed E-state index contributed by atoms with van der Waals surface area (Å²) in [6, 6.07) is 16.0. The van der Waals surface area contributed by atoms with E-state index >= 15 is 0 Å². The largest absolute Gasteiger partial charge is 0.495 e. The maximum Gasteiger partial charge on any atom is 0.412 e. The average Bonchev–Trinajstić information content (AvgIpc) is 3.24. The predicted octanol–water partition coefficient (Wildman–Crippen LogP) is 4.47. The summed E-state index contributed by atoms with van der Waals surface area (Å²) in [6.45, 7) is -0.623. The minimum Gasteiger partial charge on any atom is -0.495 e. The first-order valence-corrected chi connectivity index (χ1v) is 13.3. The van der Waals surface area contributed by atoms with Crippen LogP contribution in [0.1, 0.15) is 0 Å². The normalized spacial score (nSPS) is 11.3. The molecule has 200 valence electrons. The molecule has 4 rings (SSSR count). The number of nitrogens with zero attached hydrogens (tertiary/aromatic N) is 1. The van der Waals surface area contributed by atoms with Gasteiger partial charge >= 0.3 is 6.09 Å². The van der Waals surface area contributed by atoms with E-state index < -0.39 is 28.5 Å².